The van der Waals surface area contributed by atoms with Gasteiger partial charge in [0.1, 0.15) is 11.6 Å². The fourth-order valence-corrected chi connectivity index (χ4v) is 6.12. The van der Waals surface area contributed by atoms with E-state index in [0.717, 1.165) is 19.5 Å². The fourth-order valence-electron chi connectivity index (χ4n) is 6.12. The number of nitrogens with zero attached hydrogens (tertiary/aromatic N) is 2. The Morgan fingerprint density at radius 3 is 2.58 bits per heavy atom. The van der Waals surface area contributed by atoms with Gasteiger partial charge in [-0.15, -0.1) is 0 Å². The average Bonchev–Trinajstić information content (AvgIpc) is 3.47. The molecule has 2 unspecified atom stereocenters. The lowest BCUT2D eigenvalue weighted by Crippen LogP contribution is -2.58. The normalized spacial score (nSPS) is 34.4. The van der Waals surface area contributed by atoms with Crippen molar-refractivity contribution < 1.29 is 29.0 Å². The maximum Gasteiger partial charge on any atom is 0.245 e. The summed E-state index contributed by atoms with van der Waals surface area (Å²) >= 11 is 0. The van der Waals surface area contributed by atoms with Gasteiger partial charge in [0.15, 0.2) is 0 Å². The third-order valence-electron chi connectivity index (χ3n) is 7.74. The molecule has 0 aliphatic carbocycles. The summed E-state index contributed by atoms with van der Waals surface area (Å²) < 4.78 is 11.7. The molecule has 33 heavy (non-hydrogen) atoms. The molecule has 4 fully saturated rings. The van der Waals surface area contributed by atoms with Gasteiger partial charge in [0, 0.05) is 32.7 Å². The van der Waals surface area contributed by atoms with Gasteiger partial charge in [-0.25, -0.2) is 0 Å². The maximum atomic E-state index is 13.7. The highest BCUT2D eigenvalue weighted by molar-refractivity contribution is 5.99. The molecule has 0 aromatic rings. The largest absolute Gasteiger partial charge is 0.394 e. The molecular weight excluding hydrogens is 428 g/mol. The molecule has 0 aromatic carbocycles. The number of fused-ring (bicyclic) bond motifs is 1. The lowest BCUT2D eigenvalue weighted by Gasteiger charge is -2.36. The Labute approximate surface area is 195 Å². The summed E-state index contributed by atoms with van der Waals surface area (Å²) in [5.74, 6) is -1.97. The summed E-state index contributed by atoms with van der Waals surface area (Å²) in [5, 5.41) is 15.9. The molecular formula is C23H38N4O6. The van der Waals surface area contributed by atoms with Crippen molar-refractivity contribution in [1.82, 2.24) is 20.4 Å². The zero-order valence-corrected chi connectivity index (χ0v) is 19.8. The van der Waals surface area contributed by atoms with Gasteiger partial charge in [-0.1, -0.05) is 13.8 Å². The van der Waals surface area contributed by atoms with Gasteiger partial charge in [0.05, 0.1) is 43.8 Å². The van der Waals surface area contributed by atoms with Crippen molar-refractivity contribution in [3.63, 3.8) is 0 Å². The Balaban J connectivity index is 1.55. The van der Waals surface area contributed by atoms with Crippen LogP contribution in [0.1, 0.15) is 39.5 Å². The van der Waals surface area contributed by atoms with Gasteiger partial charge in [-0.3, -0.25) is 19.3 Å². The lowest BCUT2D eigenvalue weighted by atomic mass is 9.70. The van der Waals surface area contributed by atoms with Crippen molar-refractivity contribution in [3.05, 3.63) is 0 Å². The first-order valence-corrected chi connectivity index (χ1v) is 12.4. The first-order valence-electron chi connectivity index (χ1n) is 12.4. The molecule has 4 heterocycles. The Kier molecular flexibility index (Phi) is 7.57. The number of likely N-dealkylation sites (tertiary alicyclic amines) is 1. The number of amides is 3. The highest BCUT2D eigenvalue weighted by atomic mass is 16.5. The van der Waals surface area contributed by atoms with Crippen molar-refractivity contribution in [3.8, 4) is 0 Å². The number of carbonyl (C=O) groups excluding carboxylic acids is 3. The quantitative estimate of drug-likeness (QED) is 0.382. The minimum Gasteiger partial charge on any atom is -0.394 e. The zero-order chi connectivity index (χ0) is 23.6. The molecule has 10 nitrogen and oxygen atoms in total. The summed E-state index contributed by atoms with van der Waals surface area (Å²) in [4.78, 5) is 44.0. The third-order valence-corrected chi connectivity index (χ3v) is 7.74. The number of hydrogen-bond donors (Lipinski definition) is 3. The van der Waals surface area contributed by atoms with Crippen molar-refractivity contribution in [2.75, 3.05) is 52.5 Å². The Bertz CT molecular complexity index is 740. The number of aliphatic hydroxyl groups is 1. The van der Waals surface area contributed by atoms with Crippen LogP contribution in [0, 0.1) is 11.8 Å². The van der Waals surface area contributed by atoms with Gasteiger partial charge in [-0.05, 0) is 25.7 Å². The van der Waals surface area contributed by atoms with Crippen LogP contribution < -0.4 is 10.6 Å². The minimum absolute atomic E-state index is 0.174. The van der Waals surface area contributed by atoms with Gasteiger partial charge >= 0.3 is 0 Å². The molecule has 4 saturated heterocycles. The number of nitrogens with one attached hydrogen (secondary N) is 2. The predicted molar refractivity (Wildman–Crippen MR) is 119 cm³/mol. The summed E-state index contributed by atoms with van der Waals surface area (Å²) in [7, 11) is 0. The molecule has 1 spiro atoms. The molecule has 3 amide bonds. The van der Waals surface area contributed by atoms with E-state index in [-0.39, 0.29) is 30.4 Å². The minimum atomic E-state index is -1.01. The predicted octanol–water partition coefficient (Wildman–Crippen LogP) is -0.893. The summed E-state index contributed by atoms with van der Waals surface area (Å²) in [6.45, 7) is 8.37. The first kappa shape index (κ1) is 24.4. The molecule has 4 rings (SSSR count). The van der Waals surface area contributed by atoms with Crippen molar-refractivity contribution in [1.29, 1.82) is 0 Å². The Morgan fingerprint density at radius 1 is 1.18 bits per heavy atom. The lowest BCUT2D eigenvalue weighted by molar-refractivity contribution is -0.145. The molecule has 186 valence electrons. The van der Waals surface area contributed by atoms with Crippen molar-refractivity contribution in [2.45, 2.75) is 63.3 Å². The zero-order valence-electron chi connectivity index (χ0n) is 19.8. The summed E-state index contributed by atoms with van der Waals surface area (Å²) in [5.41, 5.74) is -1.01. The van der Waals surface area contributed by atoms with Crippen LogP contribution in [0.2, 0.25) is 0 Å². The van der Waals surface area contributed by atoms with E-state index < -0.39 is 29.5 Å². The van der Waals surface area contributed by atoms with Crippen molar-refractivity contribution >= 4 is 17.7 Å². The summed E-state index contributed by atoms with van der Waals surface area (Å²) in [6, 6.07) is -1.33. The number of aliphatic hydroxyl groups excluding tert-OH is 1. The van der Waals surface area contributed by atoms with Crippen LogP contribution >= 0.6 is 0 Å². The summed E-state index contributed by atoms with van der Waals surface area (Å²) in [6.07, 6.45) is 2.17. The number of morpholine rings is 1. The highest BCUT2D eigenvalue weighted by Gasteiger charge is 2.74. The van der Waals surface area contributed by atoms with E-state index in [2.05, 4.69) is 15.5 Å². The number of hydrogen-bond acceptors (Lipinski definition) is 7. The van der Waals surface area contributed by atoms with Gasteiger partial charge in [-0.2, -0.15) is 0 Å². The van der Waals surface area contributed by atoms with Gasteiger partial charge < -0.3 is 30.1 Å². The number of rotatable bonds is 10. The van der Waals surface area contributed by atoms with Crippen LogP contribution in [-0.2, 0) is 23.9 Å². The second kappa shape index (κ2) is 10.2. The van der Waals surface area contributed by atoms with Crippen LogP contribution in [-0.4, -0.2) is 109 Å². The van der Waals surface area contributed by atoms with Crippen LogP contribution in [0.4, 0.5) is 0 Å². The van der Waals surface area contributed by atoms with E-state index >= 15 is 0 Å². The van der Waals surface area contributed by atoms with Crippen LogP contribution in [0.3, 0.4) is 0 Å². The van der Waals surface area contributed by atoms with E-state index in [1.807, 2.05) is 13.8 Å². The van der Waals surface area contributed by atoms with Crippen LogP contribution in [0.15, 0.2) is 0 Å². The second-order valence-corrected chi connectivity index (χ2v) is 9.58. The standard InChI is InChI=1S/C23H38N4O6/c1-3-7-24-20(29)17-16-5-6-23(33-16)18(17)22(31)27(15(4-2)14-28)19(23)21(30)25-8-9-26-10-12-32-13-11-26/h15-19,28H,3-14H2,1-2H3,(H,24,29)(H,25,30)/t15-,16-,17+,18-,19?,23?/m0/s1. The molecule has 2 bridgehead atoms. The van der Waals surface area contributed by atoms with Gasteiger partial charge in [0.2, 0.25) is 17.7 Å². The molecule has 3 N–H and O–H groups in total. The van der Waals surface area contributed by atoms with Crippen LogP contribution in [0.25, 0.3) is 0 Å². The third kappa shape index (κ3) is 4.26. The molecule has 0 radical (unpaired) electrons. The number of carbonyl (C=O) groups is 3. The SMILES string of the molecule is CCCNC(=O)[C@@H]1[C@@H]2CCC3(O2)C(C(=O)NCCN2CCOCC2)N([C@@H](CC)CO)C(=O)[C@H]13. The van der Waals surface area contributed by atoms with Crippen molar-refractivity contribution in [2.24, 2.45) is 11.8 Å². The molecule has 0 aromatic heterocycles. The fraction of sp³-hybridized carbons (Fsp3) is 0.870. The van der Waals surface area contributed by atoms with E-state index in [9.17, 15) is 19.5 Å². The van der Waals surface area contributed by atoms with E-state index in [4.69, 9.17) is 9.47 Å². The Morgan fingerprint density at radius 2 is 1.91 bits per heavy atom. The van der Waals surface area contributed by atoms with E-state index in [1.54, 1.807) is 0 Å². The average molecular weight is 467 g/mol. The topological polar surface area (TPSA) is 120 Å². The molecule has 10 heteroatoms. The molecule has 0 saturated carbocycles. The van der Waals surface area contributed by atoms with Crippen LogP contribution in [0.5, 0.6) is 0 Å². The highest BCUT2D eigenvalue weighted by Crippen LogP contribution is 2.58. The maximum absolute atomic E-state index is 13.7. The number of ether oxygens (including phenoxy) is 2. The Hall–Kier alpha value is -1.75. The molecule has 4 aliphatic heterocycles. The van der Waals surface area contributed by atoms with Gasteiger partial charge in [0.25, 0.3) is 0 Å². The molecule has 6 atom stereocenters. The smallest absolute Gasteiger partial charge is 0.245 e. The monoisotopic (exact) mass is 466 g/mol. The van der Waals surface area contributed by atoms with E-state index in [1.165, 1.54) is 4.90 Å². The molecule has 4 aliphatic rings. The second-order valence-electron chi connectivity index (χ2n) is 9.58. The van der Waals surface area contributed by atoms with E-state index in [0.29, 0.717) is 52.1 Å². The first-order chi connectivity index (χ1) is 16.0.